The van der Waals surface area contributed by atoms with Gasteiger partial charge in [0.15, 0.2) is 5.13 Å². The predicted octanol–water partition coefficient (Wildman–Crippen LogP) is 2.31. The van der Waals surface area contributed by atoms with Crippen LogP contribution in [0.4, 0.5) is 10.8 Å². The van der Waals surface area contributed by atoms with Gasteiger partial charge < -0.3 is 5.73 Å². The average Bonchev–Trinajstić information content (AvgIpc) is 2.69. The number of nitrogen functional groups attached to an aromatic ring is 1. The molecule has 2 amide bonds. The van der Waals surface area contributed by atoms with Crippen molar-refractivity contribution in [1.82, 2.24) is 4.98 Å². The highest BCUT2D eigenvalue weighted by Gasteiger charge is 2.28. The first kappa shape index (κ1) is 12.1. The average molecular weight is 275 g/mol. The number of rotatable bonds is 1. The molecule has 2 aromatic rings. The topological polar surface area (TPSA) is 76.3 Å². The number of benzene rings is 1. The Bertz CT molecular complexity index is 647. The van der Waals surface area contributed by atoms with Crippen LogP contribution in [0.1, 0.15) is 25.7 Å². The molecule has 0 spiro atoms. The lowest BCUT2D eigenvalue weighted by Gasteiger charge is -2.14. The number of thiazole rings is 1. The van der Waals surface area contributed by atoms with Crippen LogP contribution in [0.3, 0.4) is 0 Å². The molecule has 0 radical (unpaired) electrons. The molecule has 98 valence electrons. The Morgan fingerprint density at radius 3 is 2.53 bits per heavy atom. The third-order valence-electron chi connectivity index (χ3n) is 3.12. The van der Waals surface area contributed by atoms with Gasteiger partial charge in [-0.2, -0.15) is 0 Å². The Morgan fingerprint density at radius 2 is 1.84 bits per heavy atom. The van der Waals surface area contributed by atoms with Crippen molar-refractivity contribution in [3.05, 3.63) is 18.2 Å². The van der Waals surface area contributed by atoms with Gasteiger partial charge in [0.25, 0.3) is 0 Å². The van der Waals surface area contributed by atoms with Crippen LogP contribution in [0, 0.1) is 0 Å². The van der Waals surface area contributed by atoms with E-state index in [9.17, 15) is 9.59 Å². The number of carbonyl (C=O) groups is 2. The van der Waals surface area contributed by atoms with E-state index in [1.165, 1.54) is 16.2 Å². The second-order valence-electron chi connectivity index (χ2n) is 4.55. The van der Waals surface area contributed by atoms with Crippen LogP contribution in [0.15, 0.2) is 18.2 Å². The first-order valence-electron chi connectivity index (χ1n) is 6.17. The van der Waals surface area contributed by atoms with Crippen molar-refractivity contribution in [3.63, 3.8) is 0 Å². The lowest BCUT2D eigenvalue weighted by atomic mass is 10.2. The van der Waals surface area contributed by atoms with E-state index >= 15 is 0 Å². The predicted molar refractivity (Wildman–Crippen MR) is 75.0 cm³/mol. The second kappa shape index (κ2) is 4.62. The van der Waals surface area contributed by atoms with Crippen molar-refractivity contribution < 1.29 is 9.59 Å². The minimum absolute atomic E-state index is 0.158. The summed E-state index contributed by atoms with van der Waals surface area (Å²) < 4.78 is 0.889. The van der Waals surface area contributed by atoms with Crippen molar-refractivity contribution in [2.24, 2.45) is 0 Å². The van der Waals surface area contributed by atoms with Crippen LogP contribution < -0.4 is 10.6 Å². The zero-order valence-corrected chi connectivity index (χ0v) is 11.1. The molecule has 3 rings (SSSR count). The molecule has 0 aliphatic carbocycles. The number of aromatic nitrogens is 1. The molecule has 2 N–H and O–H groups in total. The Labute approximate surface area is 114 Å². The number of fused-ring (bicyclic) bond motifs is 1. The summed E-state index contributed by atoms with van der Waals surface area (Å²) in [4.78, 5) is 29.6. The molecular weight excluding hydrogens is 262 g/mol. The molecular formula is C13H13N3O2S. The monoisotopic (exact) mass is 275 g/mol. The van der Waals surface area contributed by atoms with E-state index in [2.05, 4.69) is 4.98 Å². The summed E-state index contributed by atoms with van der Waals surface area (Å²) in [5.74, 6) is -0.316. The molecule has 1 aliphatic rings. The molecule has 0 saturated carbocycles. The number of anilines is 2. The summed E-state index contributed by atoms with van der Waals surface area (Å²) in [6.45, 7) is 0. The van der Waals surface area contributed by atoms with E-state index in [-0.39, 0.29) is 11.8 Å². The number of amides is 2. The van der Waals surface area contributed by atoms with Crippen LogP contribution in [-0.4, -0.2) is 16.8 Å². The maximum Gasteiger partial charge on any atom is 0.235 e. The normalized spacial score (nSPS) is 16.9. The summed E-state index contributed by atoms with van der Waals surface area (Å²) in [5, 5.41) is 0.456. The molecule has 5 nitrogen and oxygen atoms in total. The summed E-state index contributed by atoms with van der Waals surface area (Å²) in [6.07, 6.45) is 2.34. The van der Waals surface area contributed by atoms with Crippen LogP contribution in [0.2, 0.25) is 0 Å². The molecule has 6 heteroatoms. The lowest BCUT2D eigenvalue weighted by molar-refractivity contribution is -0.125. The molecule has 2 heterocycles. The zero-order valence-electron chi connectivity index (χ0n) is 10.3. The third kappa shape index (κ3) is 2.19. The van der Waals surface area contributed by atoms with E-state index in [0.29, 0.717) is 23.7 Å². The fourth-order valence-corrected chi connectivity index (χ4v) is 3.20. The van der Waals surface area contributed by atoms with E-state index in [1.54, 1.807) is 12.1 Å². The summed E-state index contributed by atoms with van der Waals surface area (Å²) >= 11 is 1.33. The largest absolute Gasteiger partial charge is 0.399 e. The number of imide groups is 1. The third-order valence-corrected chi connectivity index (χ3v) is 4.13. The number of hydrogen-bond donors (Lipinski definition) is 1. The van der Waals surface area contributed by atoms with E-state index in [1.807, 2.05) is 6.07 Å². The quantitative estimate of drug-likeness (QED) is 0.640. The van der Waals surface area contributed by atoms with E-state index < -0.39 is 0 Å². The SMILES string of the molecule is Nc1ccc2nc(N3C(=O)CCCCC3=O)sc2c1. The van der Waals surface area contributed by atoms with Crippen molar-refractivity contribution >= 4 is 44.2 Å². The standard InChI is InChI=1S/C13H13N3O2S/c14-8-5-6-9-10(7-8)19-13(15-9)16-11(17)3-1-2-4-12(16)18/h5-7H,1-4,14H2. The van der Waals surface area contributed by atoms with Gasteiger partial charge in [-0.1, -0.05) is 11.3 Å². The maximum atomic E-state index is 12.0. The smallest absolute Gasteiger partial charge is 0.235 e. The molecule has 1 aromatic carbocycles. The van der Waals surface area contributed by atoms with Gasteiger partial charge >= 0.3 is 0 Å². The highest BCUT2D eigenvalue weighted by molar-refractivity contribution is 7.22. The Morgan fingerprint density at radius 1 is 1.16 bits per heavy atom. The summed E-state index contributed by atoms with van der Waals surface area (Å²) in [6, 6.07) is 5.37. The first-order chi connectivity index (χ1) is 9.15. The van der Waals surface area contributed by atoms with Crippen LogP contribution in [-0.2, 0) is 9.59 Å². The Kier molecular flexibility index (Phi) is 2.94. The van der Waals surface area contributed by atoms with Gasteiger partial charge in [0.1, 0.15) is 0 Å². The second-order valence-corrected chi connectivity index (χ2v) is 5.56. The highest BCUT2D eigenvalue weighted by atomic mass is 32.1. The minimum Gasteiger partial charge on any atom is -0.399 e. The van der Waals surface area contributed by atoms with E-state index in [4.69, 9.17) is 5.73 Å². The lowest BCUT2D eigenvalue weighted by Crippen LogP contribution is -2.34. The Hall–Kier alpha value is -1.95. The number of nitrogens with zero attached hydrogens (tertiary/aromatic N) is 2. The molecule has 0 bridgehead atoms. The molecule has 1 fully saturated rings. The van der Waals surface area contributed by atoms with Gasteiger partial charge in [0.2, 0.25) is 11.8 Å². The number of carbonyl (C=O) groups excluding carboxylic acids is 2. The van der Waals surface area contributed by atoms with Crippen LogP contribution in [0.5, 0.6) is 0 Å². The van der Waals surface area contributed by atoms with Gasteiger partial charge in [-0.3, -0.25) is 9.59 Å². The van der Waals surface area contributed by atoms with Gasteiger partial charge in [0.05, 0.1) is 10.2 Å². The molecule has 1 aromatic heterocycles. The molecule has 0 atom stereocenters. The van der Waals surface area contributed by atoms with Crippen molar-refractivity contribution in [3.8, 4) is 0 Å². The zero-order chi connectivity index (χ0) is 13.4. The Balaban J connectivity index is 2.06. The molecule has 0 unspecified atom stereocenters. The van der Waals surface area contributed by atoms with Gasteiger partial charge in [-0.15, -0.1) is 0 Å². The minimum atomic E-state index is -0.158. The molecule has 1 aliphatic heterocycles. The number of nitrogens with two attached hydrogens (primary N) is 1. The number of hydrogen-bond acceptors (Lipinski definition) is 5. The molecule has 1 saturated heterocycles. The first-order valence-corrected chi connectivity index (χ1v) is 6.98. The summed E-state index contributed by atoms with van der Waals surface area (Å²) in [5.41, 5.74) is 7.13. The van der Waals surface area contributed by atoms with Gasteiger partial charge in [0, 0.05) is 18.5 Å². The highest BCUT2D eigenvalue weighted by Crippen LogP contribution is 2.32. The van der Waals surface area contributed by atoms with Crippen LogP contribution >= 0.6 is 11.3 Å². The fraction of sp³-hybridized carbons (Fsp3) is 0.308. The molecule has 19 heavy (non-hydrogen) atoms. The van der Waals surface area contributed by atoms with Crippen LogP contribution in [0.25, 0.3) is 10.2 Å². The fourth-order valence-electron chi connectivity index (χ4n) is 2.15. The summed E-state index contributed by atoms with van der Waals surface area (Å²) in [7, 11) is 0. The van der Waals surface area contributed by atoms with Gasteiger partial charge in [-0.05, 0) is 31.0 Å². The van der Waals surface area contributed by atoms with Gasteiger partial charge in [-0.25, -0.2) is 9.88 Å². The van der Waals surface area contributed by atoms with Crippen molar-refractivity contribution in [1.29, 1.82) is 0 Å². The van der Waals surface area contributed by atoms with Crippen molar-refractivity contribution in [2.75, 3.05) is 10.6 Å². The van der Waals surface area contributed by atoms with E-state index in [0.717, 1.165) is 23.1 Å². The maximum absolute atomic E-state index is 12.0. The van der Waals surface area contributed by atoms with Crippen molar-refractivity contribution in [2.45, 2.75) is 25.7 Å².